The van der Waals surface area contributed by atoms with Gasteiger partial charge in [-0.05, 0) is 56.6 Å². The van der Waals surface area contributed by atoms with Crippen LogP contribution in [0.1, 0.15) is 18.9 Å². The van der Waals surface area contributed by atoms with Crippen molar-refractivity contribution < 1.29 is 0 Å². The molecular weight excluding hydrogens is 210 g/mol. The molecule has 2 atom stereocenters. The minimum absolute atomic E-state index is 0.562. The highest BCUT2D eigenvalue weighted by Crippen LogP contribution is 2.22. The lowest BCUT2D eigenvalue weighted by atomic mass is 9.94. The van der Waals surface area contributed by atoms with Crippen LogP contribution < -0.4 is 11.1 Å². The van der Waals surface area contributed by atoms with Gasteiger partial charge in [-0.25, -0.2) is 0 Å². The Balaban J connectivity index is 2.05. The van der Waals surface area contributed by atoms with Crippen molar-refractivity contribution in [3.05, 3.63) is 23.8 Å². The summed E-state index contributed by atoms with van der Waals surface area (Å²) < 4.78 is 0. The molecule has 1 heterocycles. The predicted molar refractivity (Wildman–Crippen MR) is 74.3 cm³/mol. The molecule has 0 spiro atoms. The van der Waals surface area contributed by atoms with E-state index in [4.69, 9.17) is 5.73 Å². The second-order valence-electron chi connectivity index (χ2n) is 5.41. The van der Waals surface area contributed by atoms with Gasteiger partial charge in [-0.1, -0.05) is 6.92 Å². The molecule has 2 rings (SSSR count). The van der Waals surface area contributed by atoms with Crippen molar-refractivity contribution in [1.82, 2.24) is 4.90 Å². The molecule has 0 aliphatic carbocycles. The molecule has 1 aliphatic rings. The van der Waals surface area contributed by atoms with Crippen molar-refractivity contribution in [1.29, 1.82) is 0 Å². The lowest BCUT2D eigenvalue weighted by Crippen LogP contribution is -2.43. The molecule has 0 bridgehead atoms. The Morgan fingerprint density at radius 1 is 1.35 bits per heavy atom. The predicted octanol–water partition coefficient (Wildman–Crippen LogP) is 2.33. The minimum atomic E-state index is 0.562. The van der Waals surface area contributed by atoms with Crippen molar-refractivity contribution in [2.75, 3.05) is 31.2 Å². The number of nitrogens with two attached hydrogens (primary N) is 1. The molecule has 0 amide bonds. The second-order valence-corrected chi connectivity index (χ2v) is 5.41. The van der Waals surface area contributed by atoms with Gasteiger partial charge in [0.2, 0.25) is 0 Å². The first kappa shape index (κ1) is 12.2. The molecule has 0 radical (unpaired) electrons. The quantitative estimate of drug-likeness (QED) is 0.770. The summed E-state index contributed by atoms with van der Waals surface area (Å²) in [6.07, 6.45) is 1.20. The maximum Gasteiger partial charge on any atom is 0.0365 e. The van der Waals surface area contributed by atoms with Crippen LogP contribution in [0, 0.1) is 12.8 Å². The van der Waals surface area contributed by atoms with Gasteiger partial charge >= 0.3 is 0 Å². The average Bonchev–Trinajstić information content (AvgIpc) is 2.21. The standard InChI is InChI=1S/C14H23N3/c1-10-6-12(15)8-13(7-10)16-14-4-5-17(3)9-11(14)2/h6-8,11,14,16H,4-5,9,15H2,1-3H3. The Morgan fingerprint density at radius 3 is 2.76 bits per heavy atom. The van der Waals surface area contributed by atoms with Gasteiger partial charge in [0.25, 0.3) is 0 Å². The van der Waals surface area contributed by atoms with Crippen molar-refractivity contribution >= 4 is 11.4 Å². The number of aryl methyl sites for hydroxylation is 1. The van der Waals surface area contributed by atoms with Crippen molar-refractivity contribution in [3.8, 4) is 0 Å². The van der Waals surface area contributed by atoms with E-state index in [9.17, 15) is 0 Å². The number of nitrogens with zero attached hydrogens (tertiary/aromatic N) is 1. The van der Waals surface area contributed by atoms with E-state index in [1.165, 1.54) is 25.1 Å². The fourth-order valence-electron chi connectivity index (χ4n) is 2.68. The third-order valence-electron chi connectivity index (χ3n) is 3.56. The second kappa shape index (κ2) is 4.96. The SMILES string of the molecule is Cc1cc(N)cc(NC2CCN(C)CC2C)c1. The van der Waals surface area contributed by atoms with Crippen LogP contribution in [0.4, 0.5) is 11.4 Å². The number of benzene rings is 1. The van der Waals surface area contributed by atoms with Gasteiger partial charge in [0, 0.05) is 24.0 Å². The number of anilines is 2. The van der Waals surface area contributed by atoms with Crippen LogP contribution in [0.3, 0.4) is 0 Å². The number of hydrogen-bond acceptors (Lipinski definition) is 3. The highest BCUT2D eigenvalue weighted by molar-refractivity contribution is 5.57. The first-order chi connectivity index (χ1) is 8.04. The molecule has 1 saturated heterocycles. The zero-order chi connectivity index (χ0) is 12.4. The van der Waals surface area contributed by atoms with Crippen LogP contribution in [0.5, 0.6) is 0 Å². The third-order valence-corrected chi connectivity index (χ3v) is 3.56. The molecule has 3 heteroatoms. The Kier molecular flexibility index (Phi) is 3.57. The summed E-state index contributed by atoms with van der Waals surface area (Å²) in [4.78, 5) is 2.40. The summed E-state index contributed by atoms with van der Waals surface area (Å²) in [5.41, 5.74) is 9.09. The minimum Gasteiger partial charge on any atom is -0.399 e. The molecule has 1 aromatic carbocycles. The summed E-state index contributed by atoms with van der Waals surface area (Å²) in [5, 5.41) is 3.63. The summed E-state index contributed by atoms with van der Waals surface area (Å²) in [6, 6.07) is 6.76. The number of nitrogens with one attached hydrogen (secondary N) is 1. The van der Waals surface area contributed by atoms with Gasteiger partial charge < -0.3 is 16.0 Å². The van der Waals surface area contributed by atoms with E-state index >= 15 is 0 Å². The summed E-state index contributed by atoms with van der Waals surface area (Å²) >= 11 is 0. The molecular formula is C14H23N3. The van der Waals surface area contributed by atoms with Gasteiger partial charge in [0.1, 0.15) is 0 Å². The van der Waals surface area contributed by atoms with E-state index in [0.29, 0.717) is 12.0 Å². The number of nitrogen functional groups attached to an aromatic ring is 1. The lowest BCUT2D eigenvalue weighted by Gasteiger charge is -2.35. The molecule has 3 nitrogen and oxygen atoms in total. The fourth-order valence-corrected chi connectivity index (χ4v) is 2.68. The smallest absolute Gasteiger partial charge is 0.0365 e. The Hall–Kier alpha value is -1.22. The molecule has 94 valence electrons. The molecule has 17 heavy (non-hydrogen) atoms. The summed E-state index contributed by atoms with van der Waals surface area (Å²) in [5.74, 6) is 0.676. The number of hydrogen-bond donors (Lipinski definition) is 2. The van der Waals surface area contributed by atoms with Gasteiger partial charge in [-0.3, -0.25) is 0 Å². The zero-order valence-electron chi connectivity index (χ0n) is 11.0. The largest absolute Gasteiger partial charge is 0.399 e. The van der Waals surface area contributed by atoms with E-state index in [2.05, 4.69) is 37.2 Å². The average molecular weight is 233 g/mol. The van der Waals surface area contributed by atoms with Crippen LogP contribution in [-0.2, 0) is 0 Å². The van der Waals surface area contributed by atoms with Gasteiger partial charge in [0.15, 0.2) is 0 Å². The Labute approximate surface area is 104 Å². The fraction of sp³-hybridized carbons (Fsp3) is 0.571. The molecule has 0 aromatic heterocycles. The summed E-state index contributed by atoms with van der Waals surface area (Å²) in [7, 11) is 2.19. The van der Waals surface area contributed by atoms with Gasteiger partial charge in [-0.15, -0.1) is 0 Å². The van der Waals surface area contributed by atoms with Crippen molar-refractivity contribution in [3.63, 3.8) is 0 Å². The number of piperidine rings is 1. The van der Waals surface area contributed by atoms with Crippen molar-refractivity contribution in [2.45, 2.75) is 26.3 Å². The van der Waals surface area contributed by atoms with Crippen LogP contribution in [0.25, 0.3) is 0 Å². The summed E-state index contributed by atoms with van der Waals surface area (Å²) in [6.45, 7) is 6.73. The van der Waals surface area contributed by atoms with Crippen LogP contribution >= 0.6 is 0 Å². The molecule has 1 aromatic rings. The van der Waals surface area contributed by atoms with Crippen LogP contribution in [0.15, 0.2) is 18.2 Å². The van der Waals surface area contributed by atoms with E-state index in [0.717, 1.165) is 11.4 Å². The van der Waals surface area contributed by atoms with E-state index < -0.39 is 0 Å². The molecule has 0 saturated carbocycles. The van der Waals surface area contributed by atoms with Crippen molar-refractivity contribution in [2.24, 2.45) is 5.92 Å². The molecule has 1 aliphatic heterocycles. The normalized spacial score (nSPS) is 25.8. The van der Waals surface area contributed by atoms with Gasteiger partial charge in [0.05, 0.1) is 0 Å². The monoisotopic (exact) mass is 233 g/mol. The molecule has 3 N–H and O–H groups in total. The van der Waals surface area contributed by atoms with Crippen LogP contribution in [-0.4, -0.2) is 31.1 Å². The molecule has 2 unspecified atom stereocenters. The van der Waals surface area contributed by atoms with Crippen LogP contribution in [0.2, 0.25) is 0 Å². The number of likely N-dealkylation sites (tertiary alicyclic amines) is 1. The number of rotatable bonds is 2. The first-order valence-corrected chi connectivity index (χ1v) is 6.37. The van der Waals surface area contributed by atoms with E-state index in [1.54, 1.807) is 0 Å². The highest BCUT2D eigenvalue weighted by atomic mass is 15.1. The van der Waals surface area contributed by atoms with E-state index in [1.807, 2.05) is 12.1 Å². The molecule has 1 fully saturated rings. The lowest BCUT2D eigenvalue weighted by molar-refractivity contribution is 0.206. The maximum absolute atomic E-state index is 5.87. The maximum atomic E-state index is 5.87. The highest BCUT2D eigenvalue weighted by Gasteiger charge is 2.23. The third kappa shape index (κ3) is 3.13. The van der Waals surface area contributed by atoms with Gasteiger partial charge in [-0.2, -0.15) is 0 Å². The van der Waals surface area contributed by atoms with E-state index in [-0.39, 0.29) is 0 Å². The topological polar surface area (TPSA) is 41.3 Å². The zero-order valence-corrected chi connectivity index (χ0v) is 11.0. The Morgan fingerprint density at radius 2 is 2.12 bits per heavy atom. The Bertz CT molecular complexity index is 369. The first-order valence-electron chi connectivity index (χ1n) is 6.37.